The molecule has 0 radical (unpaired) electrons. The molecule has 1 aliphatic heterocycles. The third-order valence-corrected chi connectivity index (χ3v) is 7.39. The number of carbonyl (C=O) groups is 2. The number of unbranched alkanes of at least 4 members (excludes halogenated alkanes) is 1. The molecule has 182 valence electrons. The average Bonchev–Trinajstić information content (AvgIpc) is 2.88. The normalized spacial score (nSPS) is 19.2. The van der Waals surface area contributed by atoms with Crippen LogP contribution in [0, 0.1) is 0 Å². The topological polar surface area (TPSA) is 76.1 Å². The maximum absolute atomic E-state index is 14.2. The molecule has 34 heavy (non-hydrogen) atoms. The van der Waals surface area contributed by atoms with E-state index >= 15 is 0 Å². The maximum atomic E-state index is 14.2. The van der Waals surface area contributed by atoms with Crippen molar-refractivity contribution < 1.29 is 24.2 Å². The van der Waals surface area contributed by atoms with Crippen LogP contribution in [0.3, 0.4) is 0 Å². The number of methoxy groups -OCH3 is 1. The van der Waals surface area contributed by atoms with Gasteiger partial charge >= 0.3 is 5.97 Å². The van der Waals surface area contributed by atoms with Crippen LogP contribution >= 0.6 is 0 Å². The third kappa shape index (κ3) is 4.50. The van der Waals surface area contributed by atoms with E-state index in [1.807, 2.05) is 42.5 Å². The summed E-state index contributed by atoms with van der Waals surface area (Å²) < 4.78 is 11.6. The Hall–Kier alpha value is -3.02. The summed E-state index contributed by atoms with van der Waals surface area (Å²) in [6, 6.07) is 12.8. The quantitative estimate of drug-likeness (QED) is 0.548. The standard InChI is InChI=1S/C28H35NO5/c1-3-4-17-34-25-22-18-23(26(30)31)29(19-20(22)13-14-24(25)33-2)27(32)28(15-9-6-10-16-28)21-11-7-5-8-12-21/h5,7-8,11-14,23H,3-4,6,9-10,15-19H2,1-2H3,(H,30,31). The van der Waals surface area contributed by atoms with Gasteiger partial charge in [-0.3, -0.25) is 4.79 Å². The van der Waals surface area contributed by atoms with E-state index in [0.29, 0.717) is 18.1 Å². The van der Waals surface area contributed by atoms with Crippen molar-refractivity contribution in [2.24, 2.45) is 0 Å². The zero-order chi connectivity index (χ0) is 24.1. The molecule has 2 aliphatic rings. The molecule has 6 heteroatoms. The van der Waals surface area contributed by atoms with Crippen molar-refractivity contribution in [2.45, 2.75) is 76.3 Å². The van der Waals surface area contributed by atoms with Crippen molar-refractivity contribution in [2.75, 3.05) is 13.7 Å². The zero-order valence-electron chi connectivity index (χ0n) is 20.2. The second kappa shape index (κ2) is 10.5. The highest BCUT2D eigenvalue weighted by Crippen LogP contribution is 2.44. The van der Waals surface area contributed by atoms with Crippen LogP contribution in [0.15, 0.2) is 42.5 Å². The monoisotopic (exact) mass is 465 g/mol. The Kier molecular flexibility index (Phi) is 7.44. The van der Waals surface area contributed by atoms with Crippen molar-refractivity contribution in [3.8, 4) is 11.5 Å². The van der Waals surface area contributed by atoms with E-state index in [4.69, 9.17) is 9.47 Å². The second-order valence-corrected chi connectivity index (χ2v) is 9.44. The van der Waals surface area contributed by atoms with E-state index < -0.39 is 17.4 Å². The average molecular weight is 466 g/mol. The van der Waals surface area contributed by atoms with Crippen molar-refractivity contribution in [1.82, 2.24) is 4.90 Å². The molecule has 1 saturated carbocycles. The molecule has 2 aromatic carbocycles. The fourth-order valence-corrected chi connectivity index (χ4v) is 5.50. The van der Waals surface area contributed by atoms with Gasteiger partial charge in [-0.1, -0.05) is 69.0 Å². The SMILES string of the molecule is CCCCOc1c(OC)ccc2c1CC(C(=O)O)N(C(=O)C1(c3ccccc3)CCCCC1)C2. The number of benzene rings is 2. The molecule has 0 spiro atoms. The molecule has 0 aromatic heterocycles. The van der Waals surface area contributed by atoms with Gasteiger partial charge in [0.25, 0.3) is 0 Å². The summed E-state index contributed by atoms with van der Waals surface area (Å²) >= 11 is 0. The van der Waals surface area contributed by atoms with E-state index in [2.05, 4.69) is 6.92 Å². The minimum atomic E-state index is -0.986. The third-order valence-electron chi connectivity index (χ3n) is 7.39. The first-order valence-electron chi connectivity index (χ1n) is 12.4. The lowest BCUT2D eigenvalue weighted by atomic mass is 9.68. The highest BCUT2D eigenvalue weighted by atomic mass is 16.5. The largest absolute Gasteiger partial charge is 0.493 e. The van der Waals surface area contributed by atoms with Crippen molar-refractivity contribution >= 4 is 11.9 Å². The van der Waals surface area contributed by atoms with Crippen LogP contribution in [0.1, 0.15) is 68.6 Å². The fourth-order valence-electron chi connectivity index (χ4n) is 5.50. The van der Waals surface area contributed by atoms with Crippen LogP contribution < -0.4 is 9.47 Å². The summed E-state index contributed by atoms with van der Waals surface area (Å²) in [5.74, 6) is 0.162. The molecule has 1 atom stereocenters. The van der Waals surface area contributed by atoms with Gasteiger partial charge in [0.15, 0.2) is 11.5 Å². The number of hydrogen-bond donors (Lipinski definition) is 1. The Morgan fingerprint density at radius 3 is 2.47 bits per heavy atom. The van der Waals surface area contributed by atoms with E-state index in [1.165, 1.54) is 0 Å². The number of carboxylic acid groups (broad SMARTS) is 1. The van der Waals surface area contributed by atoms with Gasteiger partial charge in [-0.05, 0) is 36.5 Å². The minimum Gasteiger partial charge on any atom is -0.493 e. The van der Waals surface area contributed by atoms with Crippen LogP contribution in [0.4, 0.5) is 0 Å². The molecular formula is C28H35NO5. The van der Waals surface area contributed by atoms with Crippen molar-refractivity contribution in [3.05, 3.63) is 59.2 Å². The molecule has 1 fully saturated rings. The van der Waals surface area contributed by atoms with Crippen LogP contribution in [-0.4, -0.2) is 41.6 Å². The van der Waals surface area contributed by atoms with Gasteiger partial charge in [-0.25, -0.2) is 4.79 Å². The van der Waals surface area contributed by atoms with E-state index in [0.717, 1.165) is 61.6 Å². The van der Waals surface area contributed by atoms with Gasteiger partial charge < -0.3 is 19.5 Å². The Balaban J connectivity index is 1.73. The lowest BCUT2D eigenvalue weighted by molar-refractivity contribution is -0.155. The van der Waals surface area contributed by atoms with Crippen LogP contribution in [0.5, 0.6) is 11.5 Å². The molecule has 6 nitrogen and oxygen atoms in total. The smallest absolute Gasteiger partial charge is 0.326 e. The molecule has 2 aromatic rings. The Morgan fingerprint density at radius 1 is 1.09 bits per heavy atom. The second-order valence-electron chi connectivity index (χ2n) is 9.44. The lowest BCUT2D eigenvalue weighted by Crippen LogP contribution is -2.56. The molecule has 1 aliphatic carbocycles. The number of rotatable bonds is 8. The Morgan fingerprint density at radius 2 is 1.82 bits per heavy atom. The van der Waals surface area contributed by atoms with Gasteiger partial charge in [0.05, 0.1) is 19.1 Å². The van der Waals surface area contributed by atoms with Crippen LogP contribution in [0.25, 0.3) is 0 Å². The number of aliphatic carboxylic acids is 1. The van der Waals surface area contributed by atoms with E-state index in [1.54, 1.807) is 12.0 Å². The minimum absolute atomic E-state index is 0.0688. The summed E-state index contributed by atoms with van der Waals surface area (Å²) in [5, 5.41) is 10.2. The lowest BCUT2D eigenvalue weighted by Gasteiger charge is -2.44. The number of nitrogens with zero attached hydrogens (tertiary/aromatic N) is 1. The molecule has 1 unspecified atom stereocenters. The summed E-state index contributed by atoms with van der Waals surface area (Å²) in [7, 11) is 1.59. The first-order valence-corrected chi connectivity index (χ1v) is 12.4. The van der Waals surface area contributed by atoms with Crippen LogP contribution in [0.2, 0.25) is 0 Å². The van der Waals surface area contributed by atoms with E-state index in [-0.39, 0.29) is 18.9 Å². The Bertz CT molecular complexity index is 1010. The number of hydrogen-bond acceptors (Lipinski definition) is 4. The molecule has 0 saturated heterocycles. The van der Waals surface area contributed by atoms with Gasteiger partial charge in [0.2, 0.25) is 5.91 Å². The molecule has 0 bridgehead atoms. The van der Waals surface area contributed by atoms with Gasteiger partial charge in [-0.2, -0.15) is 0 Å². The van der Waals surface area contributed by atoms with Crippen molar-refractivity contribution in [3.63, 3.8) is 0 Å². The van der Waals surface area contributed by atoms with E-state index in [9.17, 15) is 14.7 Å². The summed E-state index contributed by atoms with van der Waals surface area (Å²) in [6.07, 6.45) is 6.65. The van der Waals surface area contributed by atoms with Gasteiger partial charge in [-0.15, -0.1) is 0 Å². The number of amides is 1. The first kappa shape index (κ1) is 24.1. The number of carboxylic acids is 1. The highest BCUT2D eigenvalue weighted by molar-refractivity contribution is 5.92. The molecule has 1 amide bonds. The molecule has 4 rings (SSSR count). The summed E-state index contributed by atoms with van der Waals surface area (Å²) in [4.78, 5) is 28.3. The van der Waals surface area contributed by atoms with Crippen molar-refractivity contribution in [1.29, 1.82) is 0 Å². The summed E-state index contributed by atoms with van der Waals surface area (Å²) in [6.45, 7) is 2.90. The number of fused-ring (bicyclic) bond motifs is 1. The first-order chi connectivity index (χ1) is 16.5. The summed E-state index contributed by atoms with van der Waals surface area (Å²) in [5.41, 5.74) is 2.09. The predicted octanol–water partition coefficient (Wildman–Crippen LogP) is 5.11. The maximum Gasteiger partial charge on any atom is 0.326 e. The Labute approximate surface area is 201 Å². The van der Waals surface area contributed by atoms with Gasteiger partial charge in [0, 0.05) is 18.5 Å². The highest BCUT2D eigenvalue weighted by Gasteiger charge is 2.47. The van der Waals surface area contributed by atoms with Gasteiger partial charge in [0.1, 0.15) is 6.04 Å². The molecular weight excluding hydrogens is 430 g/mol. The molecule has 1 N–H and O–H groups in total. The fraction of sp³-hybridized carbons (Fsp3) is 0.500. The predicted molar refractivity (Wildman–Crippen MR) is 130 cm³/mol. The molecule has 1 heterocycles. The zero-order valence-corrected chi connectivity index (χ0v) is 20.2. The number of ether oxygens (including phenoxy) is 2. The number of carbonyl (C=O) groups excluding carboxylic acids is 1. The van der Waals surface area contributed by atoms with Crippen LogP contribution in [-0.2, 0) is 28.0 Å².